The number of hydrogen-bond acceptors (Lipinski definition) is 2. The maximum atomic E-state index is 10.8. The van der Waals surface area contributed by atoms with Gasteiger partial charge in [0.05, 0.1) is 6.07 Å². The molecule has 0 aliphatic heterocycles. The molecule has 0 rings (SSSR count). The Kier molecular flexibility index (Phi) is 4.30. The van der Waals surface area contributed by atoms with Gasteiger partial charge in [0.2, 0.25) is 5.91 Å². The van der Waals surface area contributed by atoms with Gasteiger partial charge < -0.3 is 5.32 Å². The molecule has 1 N–H and O–H groups in total. The largest absolute Gasteiger partial charge is 0.341 e. The summed E-state index contributed by atoms with van der Waals surface area (Å²) in [6.07, 6.45) is 1.33. The highest BCUT2D eigenvalue weighted by Crippen LogP contribution is 1.87. The molecule has 1 atom stereocenters. The lowest BCUT2D eigenvalue weighted by atomic mass is 10.3. The van der Waals surface area contributed by atoms with Gasteiger partial charge in [-0.25, -0.2) is 0 Å². The molecule has 0 radical (unpaired) electrons. The van der Waals surface area contributed by atoms with E-state index >= 15 is 0 Å². The van der Waals surface area contributed by atoms with Crippen molar-refractivity contribution in [3.63, 3.8) is 0 Å². The van der Waals surface area contributed by atoms with Gasteiger partial charge in [0.25, 0.3) is 0 Å². The number of rotatable bonds is 3. The van der Waals surface area contributed by atoms with Crippen molar-refractivity contribution < 1.29 is 4.79 Å². The Morgan fingerprint density at radius 1 is 1.80 bits per heavy atom. The molecule has 0 bridgehead atoms. The molecule has 0 fully saturated rings. The summed E-state index contributed by atoms with van der Waals surface area (Å²) < 4.78 is 0. The number of carbonyl (C=O) groups excluding carboxylic acids is 1. The fourth-order valence-electron chi connectivity index (χ4n) is 0.573. The summed E-state index contributed by atoms with van der Waals surface area (Å²) in [6, 6.07) is 1.56. The first-order valence-corrected chi connectivity index (χ1v) is 3.39. The Labute approximate surface area is 61.0 Å². The summed E-state index contributed by atoms with van der Waals surface area (Å²) in [5, 5.41) is 10.8. The second kappa shape index (κ2) is 4.80. The Morgan fingerprint density at radius 3 is 2.80 bits per heavy atom. The molecule has 0 aliphatic carbocycles. The van der Waals surface area contributed by atoms with E-state index in [4.69, 9.17) is 5.26 Å². The standard InChI is InChI=1S/C7H12N2O/c1-3-4-7(10)9-6(2)5-8/h6H,3-4H2,1-2H3,(H,9,10)/t6-/m0/s1. The van der Waals surface area contributed by atoms with Gasteiger partial charge in [0, 0.05) is 6.42 Å². The zero-order valence-electron chi connectivity index (χ0n) is 6.35. The van der Waals surface area contributed by atoms with Crippen molar-refractivity contribution >= 4 is 5.91 Å². The first kappa shape index (κ1) is 8.96. The highest BCUT2D eigenvalue weighted by Gasteiger charge is 2.02. The first-order chi connectivity index (χ1) is 4.70. The third-order valence-electron chi connectivity index (χ3n) is 1.05. The van der Waals surface area contributed by atoms with E-state index in [-0.39, 0.29) is 11.9 Å². The van der Waals surface area contributed by atoms with Crippen molar-refractivity contribution in [1.82, 2.24) is 5.32 Å². The summed E-state index contributed by atoms with van der Waals surface area (Å²) in [5.74, 6) is -0.0449. The fraction of sp³-hybridized carbons (Fsp3) is 0.714. The van der Waals surface area contributed by atoms with E-state index in [1.165, 1.54) is 0 Å². The van der Waals surface area contributed by atoms with Crippen molar-refractivity contribution in [2.24, 2.45) is 0 Å². The van der Waals surface area contributed by atoms with Crippen molar-refractivity contribution in [2.45, 2.75) is 32.7 Å². The van der Waals surface area contributed by atoms with Gasteiger partial charge in [-0.1, -0.05) is 6.92 Å². The Bertz CT molecular complexity index is 148. The van der Waals surface area contributed by atoms with Gasteiger partial charge in [-0.15, -0.1) is 0 Å². The monoisotopic (exact) mass is 140 g/mol. The topological polar surface area (TPSA) is 52.9 Å². The van der Waals surface area contributed by atoms with Crippen LogP contribution in [0.5, 0.6) is 0 Å². The molecule has 0 heterocycles. The van der Waals surface area contributed by atoms with Crippen molar-refractivity contribution in [3.8, 4) is 6.07 Å². The van der Waals surface area contributed by atoms with E-state index in [2.05, 4.69) is 5.32 Å². The summed E-state index contributed by atoms with van der Waals surface area (Å²) in [4.78, 5) is 10.8. The number of hydrogen-bond donors (Lipinski definition) is 1. The van der Waals surface area contributed by atoms with E-state index in [0.717, 1.165) is 6.42 Å². The summed E-state index contributed by atoms with van der Waals surface area (Å²) in [7, 11) is 0. The zero-order chi connectivity index (χ0) is 7.98. The van der Waals surface area contributed by atoms with E-state index in [9.17, 15) is 4.79 Å². The van der Waals surface area contributed by atoms with Crippen LogP contribution in [0, 0.1) is 11.3 Å². The van der Waals surface area contributed by atoms with Crippen LogP contribution in [0.1, 0.15) is 26.7 Å². The normalized spacial score (nSPS) is 11.7. The SMILES string of the molecule is CCCC(=O)N[C@@H](C)C#N. The number of amides is 1. The number of nitrogens with zero attached hydrogens (tertiary/aromatic N) is 1. The van der Waals surface area contributed by atoms with Crippen LogP contribution in [0.15, 0.2) is 0 Å². The van der Waals surface area contributed by atoms with Gasteiger partial charge in [-0.3, -0.25) is 4.79 Å². The molecule has 3 nitrogen and oxygen atoms in total. The summed E-state index contributed by atoms with van der Waals surface area (Å²) >= 11 is 0. The van der Waals surface area contributed by atoms with Gasteiger partial charge in [0.15, 0.2) is 0 Å². The van der Waals surface area contributed by atoms with Crippen LogP contribution in [0.3, 0.4) is 0 Å². The molecule has 0 aromatic rings. The van der Waals surface area contributed by atoms with Crippen molar-refractivity contribution in [1.29, 1.82) is 5.26 Å². The van der Waals surface area contributed by atoms with E-state index < -0.39 is 0 Å². The van der Waals surface area contributed by atoms with Crippen molar-refractivity contribution in [2.75, 3.05) is 0 Å². The predicted molar refractivity (Wildman–Crippen MR) is 38.1 cm³/mol. The third kappa shape index (κ3) is 3.90. The second-order valence-electron chi connectivity index (χ2n) is 2.17. The molecular weight excluding hydrogens is 128 g/mol. The van der Waals surface area contributed by atoms with Crippen LogP contribution in [0.2, 0.25) is 0 Å². The molecule has 0 aromatic heterocycles. The molecule has 0 saturated heterocycles. The number of nitriles is 1. The molecule has 0 aliphatic rings. The average molecular weight is 140 g/mol. The minimum Gasteiger partial charge on any atom is -0.341 e. The van der Waals surface area contributed by atoms with E-state index in [1.54, 1.807) is 6.92 Å². The zero-order valence-corrected chi connectivity index (χ0v) is 6.35. The molecule has 0 saturated carbocycles. The van der Waals surface area contributed by atoms with Gasteiger partial charge in [0.1, 0.15) is 6.04 Å². The molecule has 0 spiro atoms. The molecule has 56 valence electrons. The highest BCUT2D eigenvalue weighted by molar-refractivity contribution is 5.76. The smallest absolute Gasteiger partial charge is 0.221 e. The lowest BCUT2D eigenvalue weighted by Gasteiger charge is -2.03. The number of nitrogens with one attached hydrogen (secondary N) is 1. The molecule has 1 amide bonds. The maximum Gasteiger partial charge on any atom is 0.221 e. The maximum absolute atomic E-state index is 10.8. The highest BCUT2D eigenvalue weighted by atomic mass is 16.1. The molecule has 0 aromatic carbocycles. The second-order valence-corrected chi connectivity index (χ2v) is 2.17. The van der Waals surface area contributed by atoms with Gasteiger partial charge >= 0.3 is 0 Å². The third-order valence-corrected chi connectivity index (χ3v) is 1.05. The molecule has 3 heteroatoms. The lowest BCUT2D eigenvalue weighted by Crippen LogP contribution is -2.30. The quantitative estimate of drug-likeness (QED) is 0.630. The van der Waals surface area contributed by atoms with Crippen molar-refractivity contribution in [3.05, 3.63) is 0 Å². The Balaban J connectivity index is 3.49. The average Bonchev–Trinajstić information content (AvgIpc) is 1.88. The van der Waals surface area contributed by atoms with E-state index in [0.29, 0.717) is 6.42 Å². The number of carbonyl (C=O) groups is 1. The molecular formula is C7H12N2O. The predicted octanol–water partition coefficient (Wildman–Crippen LogP) is 0.815. The first-order valence-electron chi connectivity index (χ1n) is 3.39. The van der Waals surface area contributed by atoms with Gasteiger partial charge in [-0.2, -0.15) is 5.26 Å². The van der Waals surface area contributed by atoms with Crippen LogP contribution in [0.25, 0.3) is 0 Å². The van der Waals surface area contributed by atoms with Crippen LogP contribution in [-0.2, 0) is 4.79 Å². The van der Waals surface area contributed by atoms with E-state index in [1.807, 2.05) is 13.0 Å². The Morgan fingerprint density at radius 2 is 2.40 bits per heavy atom. The van der Waals surface area contributed by atoms with Crippen LogP contribution >= 0.6 is 0 Å². The minimum atomic E-state index is -0.362. The molecule has 0 unspecified atom stereocenters. The van der Waals surface area contributed by atoms with Crippen LogP contribution in [-0.4, -0.2) is 11.9 Å². The minimum absolute atomic E-state index is 0.0449. The lowest BCUT2D eigenvalue weighted by molar-refractivity contribution is -0.121. The summed E-state index contributed by atoms with van der Waals surface area (Å²) in [5.41, 5.74) is 0. The fourth-order valence-corrected chi connectivity index (χ4v) is 0.573. The van der Waals surface area contributed by atoms with Crippen LogP contribution < -0.4 is 5.32 Å². The summed E-state index contributed by atoms with van der Waals surface area (Å²) in [6.45, 7) is 3.59. The molecule has 10 heavy (non-hydrogen) atoms. The Hall–Kier alpha value is -1.04. The van der Waals surface area contributed by atoms with Gasteiger partial charge in [-0.05, 0) is 13.3 Å². The van der Waals surface area contributed by atoms with Crippen LogP contribution in [0.4, 0.5) is 0 Å².